The standard InChI is InChI=1S/C12H9ClN4O/c1-7-6-14-16-10(7)17-11(18)8-4-2-3-5-9(8)15-12(17)13/h2-6H,1H3,(H,14,16). The van der Waals surface area contributed by atoms with Crippen LogP contribution in [0.2, 0.25) is 5.28 Å². The van der Waals surface area contributed by atoms with Crippen LogP contribution in [0.4, 0.5) is 0 Å². The molecule has 0 aliphatic heterocycles. The smallest absolute Gasteiger partial charge is 0.268 e. The number of hydrogen-bond donors (Lipinski definition) is 1. The Morgan fingerprint density at radius 1 is 1.33 bits per heavy atom. The molecule has 0 saturated carbocycles. The predicted molar refractivity (Wildman–Crippen MR) is 69.2 cm³/mol. The third-order valence-electron chi connectivity index (χ3n) is 2.76. The molecule has 0 radical (unpaired) electrons. The fraction of sp³-hybridized carbons (Fsp3) is 0.0833. The Kier molecular flexibility index (Phi) is 2.41. The van der Waals surface area contributed by atoms with E-state index in [4.69, 9.17) is 11.6 Å². The summed E-state index contributed by atoms with van der Waals surface area (Å²) < 4.78 is 1.33. The topological polar surface area (TPSA) is 63.6 Å². The van der Waals surface area contributed by atoms with E-state index in [0.29, 0.717) is 16.7 Å². The van der Waals surface area contributed by atoms with E-state index < -0.39 is 0 Å². The summed E-state index contributed by atoms with van der Waals surface area (Å²) in [5.74, 6) is 0.545. The third-order valence-corrected chi connectivity index (χ3v) is 3.01. The van der Waals surface area contributed by atoms with Gasteiger partial charge in [0.1, 0.15) is 5.82 Å². The van der Waals surface area contributed by atoms with Gasteiger partial charge in [0.15, 0.2) is 0 Å². The van der Waals surface area contributed by atoms with Crippen molar-refractivity contribution in [3.63, 3.8) is 0 Å². The highest BCUT2D eigenvalue weighted by atomic mass is 35.5. The maximum atomic E-state index is 12.4. The van der Waals surface area contributed by atoms with Crippen molar-refractivity contribution >= 4 is 22.5 Å². The molecule has 0 amide bonds. The van der Waals surface area contributed by atoms with Crippen LogP contribution >= 0.6 is 11.6 Å². The van der Waals surface area contributed by atoms with Gasteiger partial charge >= 0.3 is 0 Å². The highest BCUT2D eigenvalue weighted by molar-refractivity contribution is 6.29. The van der Waals surface area contributed by atoms with Crippen LogP contribution < -0.4 is 5.56 Å². The normalized spacial score (nSPS) is 11.0. The van der Waals surface area contributed by atoms with E-state index in [1.54, 1.807) is 24.4 Å². The lowest BCUT2D eigenvalue weighted by molar-refractivity contribution is 0.897. The van der Waals surface area contributed by atoms with Crippen molar-refractivity contribution < 1.29 is 0 Å². The van der Waals surface area contributed by atoms with Crippen LogP contribution in [0, 0.1) is 6.92 Å². The van der Waals surface area contributed by atoms with E-state index in [1.807, 2.05) is 13.0 Å². The molecule has 6 heteroatoms. The Morgan fingerprint density at radius 3 is 2.83 bits per heavy atom. The van der Waals surface area contributed by atoms with Gasteiger partial charge < -0.3 is 0 Å². The first-order valence-electron chi connectivity index (χ1n) is 5.36. The van der Waals surface area contributed by atoms with Gasteiger partial charge in [0.2, 0.25) is 5.28 Å². The molecule has 18 heavy (non-hydrogen) atoms. The molecule has 3 aromatic rings. The summed E-state index contributed by atoms with van der Waals surface area (Å²) in [4.78, 5) is 16.6. The lowest BCUT2D eigenvalue weighted by Crippen LogP contribution is -2.21. The molecule has 0 saturated heterocycles. The third kappa shape index (κ3) is 1.52. The van der Waals surface area contributed by atoms with Crippen molar-refractivity contribution in [3.8, 4) is 5.82 Å². The minimum Gasteiger partial charge on any atom is -0.268 e. The van der Waals surface area contributed by atoms with Gasteiger partial charge in [0, 0.05) is 5.56 Å². The monoisotopic (exact) mass is 260 g/mol. The zero-order chi connectivity index (χ0) is 12.7. The van der Waals surface area contributed by atoms with Crippen LogP contribution in [-0.2, 0) is 0 Å². The molecule has 2 heterocycles. The molecular formula is C12H9ClN4O. The van der Waals surface area contributed by atoms with Gasteiger partial charge in [-0.3, -0.25) is 9.89 Å². The summed E-state index contributed by atoms with van der Waals surface area (Å²) >= 11 is 6.08. The number of fused-ring (bicyclic) bond motifs is 1. The molecule has 0 aliphatic carbocycles. The number of benzene rings is 1. The zero-order valence-electron chi connectivity index (χ0n) is 9.51. The lowest BCUT2D eigenvalue weighted by Gasteiger charge is -2.07. The molecule has 0 aliphatic rings. The first-order chi connectivity index (χ1) is 8.68. The van der Waals surface area contributed by atoms with Crippen LogP contribution in [0.5, 0.6) is 0 Å². The number of rotatable bonds is 1. The van der Waals surface area contributed by atoms with Gasteiger partial charge in [0.05, 0.1) is 17.1 Å². The van der Waals surface area contributed by atoms with Crippen molar-refractivity contribution in [1.82, 2.24) is 19.7 Å². The average molecular weight is 261 g/mol. The summed E-state index contributed by atoms with van der Waals surface area (Å²) in [5.41, 5.74) is 1.20. The van der Waals surface area contributed by atoms with E-state index in [2.05, 4.69) is 15.2 Å². The number of aromatic amines is 1. The molecule has 0 unspecified atom stereocenters. The van der Waals surface area contributed by atoms with Gasteiger partial charge in [-0.25, -0.2) is 9.55 Å². The van der Waals surface area contributed by atoms with Crippen LogP contribution in [0.1, 0.15) is 5.56 Å². The van der Waals surface area contributed by atoms with Gasteiger partial charge in [-0.15, -0.1) is 0 Å². The van der Waals surface area contributed by atoms with Gasteiger partial charge in [0.25, 0.3) is 5.56 Å². The molecule has 0 spiro atoms. The highest BCUT2D eigenvalue weighted by Gasteiger charge is 2.13. The average Bonchev–Trinajstić information content (AvgIpc) is 2.76. The van der Waals surface area contributed by atoms with Crippen LogP contribution in [-0.4, -0.2) is 19.7 Å². The van der Waals surface area contributed by atoms with Gasteiger partial charge in [-0.2, -0.15) is 5.10 Å². The first-order valence-corrected chi connectivity index (χ1v) is 5.74. The summed E-state index contributed by atoms with van der Waals surface area (Å²) in [5, 5.41) is 7.29. The Morgan fingerprint density at radius 2 is 2.11 bits per heavy atom. The number of aromatic nitrogens is 4. The summed E-state index contributed by atoms with van der Waals surface area (Å²) in [6.07, 6.45) is 1.63. The number of nitrogens with one attached hydrogen (secondary N) is 1. The SMILES string of the molecule is Cc1cn[nH]c1-n1c(Cl)nc2ccccc2c1=O. The van der Waals surface area contributed by atoms with E-state index in [1.165, 1.54) is 4.57 Å². The summed E-state index contributed by atoms with van der Waals surface area (Å²) in [6.45, 7) is 1.84. The fourth-order valence-electron chi connectivity index (χ4n) is 1.87. The minimum absolute atomic E-state index is 0.117. The van der Waals surface area contributed by atoms with E-state index in [0.717, 1.165) is 5.56 Å². The maximum absolute atomic E-state index is 12.4. The number of para-hydroxylation sites is 1. The van der Waals surface area contributed by atoms with E-state index >= 15 is 0 Å². The number of hydrogen-bond acceptors (Lipinski definition) is 3. The van der Waals surface area contributed by atoms with Crippen LogP contribution in [0.25, 0.3) is 16.7 Å². The van der Waals surface area contributed by atoms with E-state index in [9.17, 15) is 4.79 Å². The molecule has 2 aromatic heterocycles. The largest absolute Gasteiger partial charge is 0.268 e. The second-order valence-electron chi connectivity index (χ2n) is 3.94. The Balaban J connectivity index is 2.44. The maximum Gasteiger partial charge on any atom is 0.268 e. The molecule has 0 fully saturated rings. The summed E-state index contributed by atoms with van der Waals surface area (Å²) in [7, 11) is 0. The Labute approximate surface area is 107 Å². The van der Waals surface area contributed by atoms with Crippen molar-refractivity contribution in [2.24, 2.45) is 0 Å². The van der Waals surface area contributed by atoms with Gasteiger partial charge in [-0.1, -0.05) is 12.1 Å². The minimum atomic E-state index is -0.210. The molecule has 3 rings (SSSR count). The van der Waals surface area contributed by atoms with Gasteiger partial charge in [-0.05, 0) is 30.7 Å². The second kappa shape index (κ2) is 3.96. The summed E-state index contributed by atoms with van der Waals surface area (Å²) in [6, 6.07) is 7.09. The molecule has 0 bridgehead atoms. The molecule has 1 N–H and O–H groups in total. The Bertz CT molecular complexity index is 790. The number of H-pyrrole nitrogens is 1. The predicted octanol–water partition coefficient (Wildman–Crippen LogP) is 2.07. The molecular weight excluding hydrogens is 252 g/mol. The quantitative estimate of drug-likeness (QED) is 0.681. The van der Waals surface area contributed by atoms with Crippen molar-refractivity contribution in [3.05, 3.63) is 51.7 Å². The Hall–Kier alpha value is -2.14. The molecule has 0 atom stereocenters. The molecule has 5 nitrogen and oxygen atoms in total. The molecule has 90 valence electrons. The number of aryl methyl sites for hydroxylation is 1. The van der Waals surface area contributed by atoms with Crippen LogP contribution in [0.3, 0.4) is 0 Å². The molecule has 1 aromatic carbocycles. The fourth-order valence-corrected chi connectivity index (χ4v) is 2.12. The highest BCUT2D eigenvalue weighted by Crippen LogP contribution is 2.16. The van der Waals surface area contributed by atoms with Crippen molar-refractivity contribution in [1.29, 1.82) is 0 Å². The second-order valence-corrected chi connectivity index (χ2v) is 4.28. The zero-order valence-corrected chi connectivity index (χ0v) is 10.3. The number of nitrogens with zero attached hydrogens (tertiary/aromatic N) is 3. The van der Waals surface area contributed by atoms with Crippen LogP contribution in [0.15, 0.2) is 35.3 Å². The first kappa shape index (κ1) is 11.0. The number of halogens is 1. The van der Waals surface area contributed by atoms with Crippen molar-refractivity contribution in [2.45, 2.75) is 6.92 Å². The van der Waals surface area contributed by atoms with E-state index in [-0.39, 0.29) is 10.8 Å². The van der Waals surface area contributed by atoms with Crippen molar-refractivity contribution in [2.75, 3.05) is 0 Å². The lowest BCUT2D eigenvalue weighted by atomic mass is 10.2.